The van der Waals surface area contributed by atoms with Crippen molar-refractivity contribution in [3.8, 4) is 0 Å². The Bertz CT molecular complexity index is 550. The third-order valence-electron chi connectivity index (χ3n) is 3.83. The molecule has 0 aromatic heterocycles. The van der Waals surface area contributed by atoms with Crippen LogP contribution in [0.25, 0.3) is 0 Å². The molecule has 0 bridgehead atoms. The lowest BCUT2D eigenvalue weighted by atomic mass is 9.96. The standard InChI is InChI=1S/C17H19ClN2/c18-16-9-5-4-8-15(16)17(14-6-2-1-3-7-14)20-12-10-19-11-13-20/h1-9,17,19H,10-13H2. The summed E-state index contributed by atoms with van der Waals surface area (Å²) in [7, 11) is 0. The molecule has 104 valence electrons. The van der Waals surface area contributed by atoms with Crippen LogP contribution in [0.2, 0.25) is 5.02 Å². The molecule has 2 aromatic carbocycles. The summed E-state index contributed by atoms with van der Waals surface area (Å²) < 4.78 is 0. The number of benzene rings is 2. The van der Waals surface area contributed by atoms with Crippen molar-refractivity contribution in [3.63, 3.8) is 0 Å². The summed E-state index contributed by atoms with van der Waals surface area (Å²) in [5.41, 5.74) is 2.50. The van der Waals surface area contributed by atoms with E-state index in [0.29, 0.717) is 0 Å². The minimum Gasteiger partial charge on any atom is -0.314 e. The molecule has 1 aliphatic heterocycles. The lowest BCUT2D eigenvalue weighted by molar-refractivity contribution is 0.198. The highest BCUT2D eigenvalue weighted by Gasteiger charge is 2.25. The average Bonchev–Trinajstić information content (AvgIpc) is 2.52. The van der Waals surface area contributed by atoms with Crippen molar-refractivity contribution in [1.29, 1.82) is 0 Å². The molecule has 3 heteroatoms. The molecule has 0 saturated carbocycles. The van der Waals surface area contributed by atoms with Gasteiger partial charge in [0.25, 0.3) is 0 Å². The van der Waals surface area contributed by atoms with Crippen LogP contribution in [-0.2, 0) is 0 Å². The molecule has 2 nitrogen and oxygen atoms in total. The van der Waals surface area contributed by atoms with E-state index < -0.39 is 0 Å². The zero-order valence-electron chi connectivity index (χ0n) is 11.4. The molecule has 0 aliphatic carbocycles. The van der Waals surface area contributed by atoms with Gasteiger partial charge in [-0.05, 0) is 17.2 Å². The SMILES string of the molecule is Clc1ccccc1C(c1ccccc1)N1CCNCC1. The summed E-state index contributed by atoms with van der Waals surface area (Å²) in [6, 6.07) is 19.1. The van der Waals surface area contributed by atoms with Crippen molar-refractivity contribution in [2.75, 3.05) is 26.2 Å². The van der Waals surface area contributed by atoms with Crippen LogP contribution in [0.5, 0.6) is 0 Å². The highest BCUT2D eigenvalue weighted by Crippen LogP contribution is 2.33. The summed E-state index contributed by atoms with van der Waals surface area (Å²) in [5.74, 6) is 0. The number of halogens is 1. The largest absolute Gasteiger partial charge is 0.314 e. The Labute approximate surface area is 125 Å². The molecule has 20 heavy (non-hydrogen) atoms. The van der Waals surface area contributed by atoms with Crippen molar-refractivity contribution in [1.82, 2.24) is 10.2 Å². The highest BCUT2D eigenvalue weighted by atomic mass is 35.5. The molecule has 1 atom stereocenters. The van der Waals surface area contributed by atoms with Gasteiger partial charge in [0.2, 0.25) is 0 Å². The second kappa shape index (κ2) is 6.40. The Morgan fingerprint density at radius 1 is 0.900 bits per heavy atom. The van der Waals surface area contributed by atoms with E-state index in [0.717, 1.165) is 31.2 Å². The van der Waals surface area contributed by atoms with E-state index in [4.69, 9.17) is 11.6 Å². The zero-order chi connectivity index (χ0) is 13.8. The van der Waals surface area contributed by atoms with Crippen LogP contribution in [0, 0.1) is 0 Å². The molecule has 3 rings (SSSR count). The summed E-state index contributed by atoms with van der Waals surface area (Å²) in [6.45, 7) is 4.16. The van der Waals surface area contributed by atoms with E-state index in [1.165, 1.54) is 11.1 Å². The minimum atomic E-state index is 0.243. The Morgan fingerprint density at radius 2 is 1.55 bits per heavy atom. The fraction of sp³-hybridized carbons (Fsp3) is 0.294. The molecule has 1 aliphatic rings. The number of rotatable bonds is 3. The second-order valence-electron chi connectivity index (χ2n) is 5.12. The van der Waals surface area contributed by atoms with Crippen LogP contribution in [-0.4, -0.2) is 31.1 Å². The van der Waals surface area contributed by atoms with E-state index in [-0.39, 0.29) is 6.04 Å². The van der Waals surface area contributed by atoms with Gasteiger partial charge in [-0.3, -0.25) is 4.90 Å². The summed E-state index contributed by atoms with van der Waals surface area (Å²) >= 11 is 6.45. The predicted octanol–water partition coefficient (Wildman–Crippen LogP) is 3.33. The van der Waals surface area contributed by atoms with Gasteiger partial charge in [-0.15, -0.1) is 0 Å². The fourth-order valence-corrected chi connectivity index (χ4v) is 3.10. The van der Waals surface area contributed by atoms with Gasteiger partial charge in [-0.2, -0.15) is 0 Å². The van der Waals surface area contributed by atoms with Crippen LogP contribution in [0.1, 0.15) is 17.2 Å². The van der Waals surface area contributed by atoms with Gasteiger partial charge in [0.1, 0.15) is 0 Å². The normalized spacial score (nSPS) is 17.9. The summed E-state index contributed by atoms with van der Waals surface area (Å²) in [5, 5.41) is 4.26. The number of piperazine rings is 1. The highest BCUT2D eigenvalue weighted by molar-refractivity contribution is 6.31. The quantitative estimate of drug-likeness (QED) is 0.931. The van der Waals surface area contributed by atoms with E-state index >= 15 is 0 Å². The van der Waals surface area contributed by atoms with Gasteiger partial charge in [-0.25, -0.2) is 0 Å². The molecule has 1 heterocycles. The maximum absolute atomic E-state index is 6.45. The Balaban J connectivity index is 2.01. The summed E-state index contributed by atoms with van der Waals surface area (Å²) in [6.07, 6.45) is 0. The van der Waals surface area contributed by atoms with Crippen LogP contribution in [0.3, 0.4) is 0 Å². The maximum atomic E-state index is 6.45. The van der Waals surface area contributed by atoms with Crippen molar-refractivity contribution < 1.29 is 0 Å². The molecule has 1 unspecified atom stereocenters. The van der Waals surface area contributed by atoms with Crippen LogP contribution >= 0.6 is 11.6 Å². The van der Waals surface area contributed by atoms with Gasteiger partial charge < -0.3 is 5.32 Å². The first kappa shape index (κ1) is 13.6. The van der Waals surface area contributed by atoms with E-state index in [1.54, 1.807) is 0 Å². The van der Waals surface area contributed by atoms with E-state index in [9.17, 15) is 0 Å². The summed E-state index contributed by atoms with van der Waals surface area (Å²) in [4.78, 5) is 2.51. The molecule has 1 fully saturated rings. The number of nitrogens with zero attached hydrogens (tertiary/aromatic N) is 1. The van der Waals surface area contributed by atoms with Gasteiger partial charge in [-0.1, -0.05) is 60.1 Å². The maximum Gasteiger partial charge on any atom is 0.0617 e. The van der Waals surface area contributed by atoms with Gasteiger partial charge in [0.15, 0.2) is 0 Å². The lowest BCUT2D eigenvalue weighted by Gasteiger charge is -2.36. The first-order valence-electron chi connectivity index (χ1n) is 7.10. The topological polar surface area (TPSA) is 15.3 Å². The van der Waals surface area contributed by atoms with Crippen molar-refractivity contribution in [2.24, 2.45) is 0 Å². The molecule has 0 radical (unpaired) electrons. The first-order valence-corrected chi connectivity index (χ1v) is 7.48. The van der Waals surface area contributed by atoms with Crippen molar-refractivity contribution in [3.05, 3.63) is 70.7 Å². The molecule has 2 aromatic rings. The fourth-order valence-electron chi connectivity index (χ4n) is 2.86. The minimum absolute atomic E-state index is 0.243. The van der Waals surface area contributed by atoms with E-state index in [1.807, 2.05) is 12.1 Å². The third kappa shape index (κ3) is 2.88. The average molecular weight is 287 g/mol. The van der Waals surface area contributed by atoms with Crippen molar-refractivity contribution >= 4 is 11.6 Å². The zero-order valence-corrected chi connectivity index (χ0v) is 12.2. The second-order valence-corrected chi connectivity index (χ2v) is 5.53. The third-order valence-corrected chi connectivity index (χ3v) is 4.18. The van der Waals surface area contributed by atoms with E-state index in [2.05, 4.69) is 52.7 Å². The van der Waals surface area contributed by atoms with Gasteiger partial charge in [0, 0.05) is 31.2 Å². The molecule has 0 amide bonds. The van der Waals surface area contributed by atoms with Gasteiger partial charge in [0.05, 0.1) is 6.04 Å². The predicted molar refractivity (Wildman–Crippen MR) is 84.2 cm³/mol. The molecule has 1 N–H and O–H groups in total. The molecule has 1 saturated heterocycles. The Morgan fingerprint density at radius 3 is 2.25 bits per heavy atom. The van der Waals surface area contributed by atoms with Crippen LogP contribution in [0.4, 0.5) is 0 Å². The first-order chi connectivity index (χ1) is 9.86. The smallest absolute Gasteiger partial charge is 0.0617 e. The Hall–Kier alpha value is -1.35. The monoisotopic (exact) mass is 286 g/mol. The van der Waals surface area contributed by atoms with Crippen LogP contribution < -0.4 is 5.32 Å². The molecular formula is C17H19ClN2. The number of hydrogen-bond donors (Lipinski definition) is 1. The number of nitrogens with one attached hydrogen (secondary N) is 1. The lowest BCUT2D eigenvalue weighted by Crippen LogP contribution is -2.45. The molecular weight excluding hydrogens is 268 g/mol. The van der Waals surface area contributed by atoms with Crippen LogP contribution in [0.15, 0.2) is 54.6 Å². The van der Waals surface area contributed by atoms with Crippen molar-refractivity contribution in [2.45, 2.75) is 6.04 Å². The number of hydrogen-bond acceptors (Lipinski definition) is 2. The van der Waals surface area contributed by atoms with Gasteiger partial charge >= 0.3 is 0 Å². The Kier molecular flexibility index (Phi) is 4.36. The molecule has 0 spiro atoms.